The van der Waals surface area contributed by atoms with Crippen LogP contribution in [-0.4, -0.2) is 4.98 Å². The van der Waals surface area contributed by atoms with E-state index in [4.69, 9.17) is 5.73 Å². The second kappa shape index (κ2) is 6.26. The maximum absolute atomic E-state index is 13.2. The van der Waals surface area contributed by atoms with Gasteiger partial charge in [-0.15, -0.1) is 12.4 Å². The van der Waals surface area contributed by atoms with Crippen LogP contribution in [0.3, 0.4) is 0 Å². The Bertz CT molecular complexity index is 664. The number of hydrogen-bond donors (Lipinski definition) is 1. The molecule has 0 unspecified atom stereocenters. The fourth-order valence-electron chi connectivity index (χ4n) is 1.30. The lowest BCUT2D eigenvalue weighted by Crippen LogP contribution is -2.03. The predicted molar refractivity (Wildman–Crippen MR) is 68.2 cm³/mol. The van der Waals surface area contributed by atoms with E-state index in [9.17, 15) is 17.6 Å². The maximum atomic E-state index is 13.2. The van der Waals surface area contributed by atoms with Crippen LogP contribution in [0.4, 0.5) is 23.2 Å². The number of anilines is 1. The summed E-state index contributed by atoms with van der Waals surface area (Å²) in [6.07, 6.45) is 0. The summed E-state index contributed by atoms with van der Waals surface area (Å²) in [7, 11) is 0. The van der Waals surface area contributed by atoms with Crippen LogP contribution in [0.15, 0.2) is 24.3 Å². The van der Waals surface area contributed by atoms with Gasteiger partial charge in [-0.3, -0.25) is 0 Å². The van der Waals surface area contributed by atoms with E-state index >= 15 is 0 Å². The van der Waals surface area contributed by atoms with Crippen molar-refractivity contribution in [2.24, 2.45) is 0 Å². The Morgan fingerprint density at radius 2 is 1.35 bits per heavy atom. The number of benzene rings is 1. The lowest BCUT2D eigenvalue weighted by atomic mass is 10.2. The molecule has 0 aliphatic carbocycles. The van der Waals surface area contributed by atoms with Crippen LogP contribution in [0.1, 0.15) is 11.1 Å². The van der Waals surface area contributed by atoms with Gasteiger partial charge in [0.25, 0.3) is 11.9 Å². The molecule has 2 nitrogen and oxygen atoms in total. The molecule has 0 amide bonds. The zero-order valence-electron chi connectivity index (χ0n) is 9.75. The highest BCUT2D eigenvalue weighted by molar-refractivity contribution is 5.85. The molecule has 7 heteroatoms. The smallest absolute Gasteiger partial charge is 0.253 e. The standard InChI is InChI=1S/C13H6F4N2.ClH/c14-10-9(11(15)13(17)19-12(10)16)6-3-7-1-4-8(18)5-2-7;/h1-2,4-5H,18H2;1H. The molecule has 2 aromatic rings. The average molecular weight is 303 g/mol. The van der Waals surface area contributed by atoms with E-state index in [1.165, 1.54) is 24.3 Å². The summed E-state index contributed by atoms with van der Waals surface area (Å²) in [5, 5.41) is 0. The first kappa shape index (κ1) is 15.8. The van der Waals surface area contributed by atoms with Crippen LogP contribution in [-0.2, 0) is 0 Å². The zero-order valence-corrected chi connectivity index (χ0v) is 10.6. The molecule has 2 N–H and O–H groups in total. The molecule has 20 heavy (non-hydrogen) atoms. The lowest BCUT2D eigenvalue weighted by molar-refractivity contribution is 0.404. The fraction of sp³-hybridized carbons (Fsp3) is 0. The van der Waals surface area contributed by atoms with Gasteiger partial charge in [-0.1, -0.05) is 11.8 Å². The zero-order chi connectivity index (χ0) is 14.0. The van der Waals surface area contributed by atoms with Crippen molar-refractivity contribution in [2.45, 2.75) is 0 Å². The molecule has 1 aromatic heterocycles. The molecule has 0 radical (unpaired) electrons. The van der Waals surface area contributed by atoms with Crippen molar-refractivity contribution in [1.82, 2.24) is 4.98 Å². The number of nitrogen functional groups attached to an aromatic ring is 1. The second-order valence-corrected chi connectivity index (χ2v) is 3.57. The Hall–Kier alpha value is -2.26. The van der Waals surface area contributed by atoms with Gasteiger partial charge in [-0.25, -0.2) is 8.78 Å². The first-order valence-electron chi connectivity index (χ1n) is 5.06. The van der Waals surface area contributed by atoms with Crippen molar-refractivity contribution in [1.29, 1.82) is 0 Å². The van der Waals surface area contributed by atoms with Crippen LogP contribution >= 0.6 is 12.4 Å². The number of aromatic nitrogens is 1. The summed E-state index contributed by atoms with van der Waals surface area (Å²) >= 11 is 0. The highest BCUT2D eigenvalue weighted by atomic mass is 35.5. The molecule has 0 spiro atoms. The lowest BCUT2D eigenvalue weighted by Gasteiger charge is -1.99. The van der Waals surface area contributed by atoms with Crippen molar-refractivity contribution in [3.8, 4) is 11.8 Å². The quantitative estimate of drug-likeness (QED) is 0.352. The third kappa shape index (κ3) is 3.19. The van der Waals surface area contributed by atoms with Gasteiger partial charge in [0.1, 0.15) is 5.56 Å². The van der Waals surface area contributed by atoms with E-state index in [0.29, 0.717) is 11.3 Å². The van der Waals surface area contributed by atoms with Gasteiger partial charge in [0.05, 0.1) is 0 Å². The minimum Gasteiger partial charge on any atom is -0.399 e. The second-order valence-electron chi connectivity index (χ2n) is 3.57. The third-order valence-corrected chi connectivity index (χ3v) is 2.24. The first-order valence-corrected chi connectivity index (χ1v) is 5.06. The van der Waals surface area contributed by atoms with Crippen LogP contribution in [0.2, 0.25) is 0 Å². The number of nitrogens with zero attached hydrogens (tertiary/aromatic N) is 1. The molecule has 2 rings (SSSR count). The molecule has 0 bridgehead atoms. The van der Waals surface area contributed by atoms with Crippen molar-refractivity contribution in [3.63, 3.8) is 0 Å². The molecule has 1 aromatic carbocycles. The van der Waals surface area contributed by atoms with Crippen LogP contribution in [0.25, 0.3) is 0 Å². The Labute approximate surface area is 118 Å². The van der Waals surface area contributed by atoms with Crippen molar-refractivity contribution in [2.75, 3.05) is 5.73 Å². The molecule has 104 valence electrons. The van der Waals surface area contributed by atoms with Gasteiger partial charge in [0, 0.05) is 11.3 Å². The molecular weight excluding hydrogens is 296 g/mol. The molecule has 0 saturated carbocycles. The Morgan fingerprint density at radius 3 is 1.85 bits per heavy atom. The predicted octanol–water partition coefficient (Wildman–Crippen LogP) is 3.04. The molecule has 1 heterocycles. The van der Waals surface area contributed by atoms with Crippen LogP contribution in [0, 0.1) is 35.4 Å². The summed E-state index contributed by atoms with van der Waals surface area (Å²) in [6, 6.07) is 6.08. The average Bonchev–Trinajstić information content (AvgIpc) is 2.38. The minimum absolute atomic E-state index is 0. The summed E-state index contributed by atoms with van der Waals surface area (Å²) in [5.41, 5.74) is 5.33. The van der Waals surface area contributed by atoms with Gasteiger partial charge in [-0.05, 0) is 24.3 Å². The van der Waals surface area contributed by atoms with Crippen LogP contribution < -0.4 is 5.73 Å². The molecular formula is C13H7ClF4N2. The van der Waals surface area contributed by atoms with E-state index in [0.717, 1.165) is 0 Å². The van der Waals surface area contributed by atoms with E-state index in [1.807, 2.05) is 5.92 Å². The van der Waals surface area contributed by atoms with Crippen molar-refractivity contribution in [3.05, 3.63) is 58.9 Å². The number of rotatable bonds is 0. The van der Waals surface area contributed by atoms with Gasteiger partial charge in [-0.2, -0.15) is 13.8 Å². The molecule has 0 aliphatic heterocycles. The monoisotopic (exact) mass is 302 g/mol. The molecule has 0 atom stereocenters. The Kier molecular flexibility index (Phi) is 4.94. The molecule has 0 aliphatic rings. The largest absolute Gasteiger partial charge is 0.399 e. The third-order valence-electron chi connectivity index (χ3n) is 2.24. The topological polar surface area (TPSA) is 38.9 Å². The minimum atomic E-state index is -1.74. The fourth-order valence-corrected chi connectivity index (χ4v) is 1.30. The number of pyridine rings is 1. The number of halogens is 5. The van der Waals surface area contributed by atoms with E-state index in [-0.39, 0.29) is 12.4 Å². The highest BCUT2D eigenvalue weighted by Crippen LogP contribution is 2.15. The SMILES string of the molecule is Cl.Nc1ccc(C#Cc2c(F)c(F)nc(F)c2F)cc1. The van der Waals surface area contributed by atoms with Crippen molar-refractivity contribution < 1.29 is 17.6 Å². The molecule has 0 fully saturated rings. The summed E-state index contributed by atoms with van der Waals surface area (Å²) in [5.74, 6) is -2.30. The van der Waals surface area contributed by atoms with Gasteiger partial charge >= 0.3 is 0 Å². The summed E-state index contributed by atoms with van der Waals surface area (Å²) < 4.78 is 52.1. The van der Waals surface area contributed by atoms with Crippen molar-refractivity contribution >= 4 is 18.1 Å². The molecule has 0 saturated heterocycles. The maximum Gasteiger partial charge on any atom is 0.253 e. The first-order chi connectivity index (χ1) is 8.99. The van der Waals surface area contributed by atoms with E-state index in [2.05, 4.69) is 10.9 Å². The Balaban J connectivity index is 0.00000200. The van der Waals surface area contributed by atoms with Gasteiger partial charge in [0.2, 0.25) is 0 Å². The van der Waals surface area contributed by atoms with E-state index < -0.39 is 29.1 Å². The summed E-state index contributed by atoms with van der Waals surface area (Å²) in [4.78, 5) is 2.43. The van der Waals surface area contributed by atoms with Gasteiger partial charge < -0.3 is 5.73 Å². The van der Waals surface area contributed by atoms with Gasteiger partial charge in [0.15, 0.2) is 11.6 Å². The van der Waals surface area contributed by atoms with E-state index in [1.54, 1.807) is 0 Å². The number of nitrogens with two attached hydrogens (primary N) is 1. The highest BCUT2D eigenvalue weighted by Gasteiger charge is 2.18. The summed E-state index contributed by atoms with van der Waals surface area (Å²) in [6.45, 7) is 0. The van der Waals surface area contributed by atoms with Crippen LogP contribution in [0.5, 0.6) is 0 Å². The number of hydrogen-bond acceptors (Lipinski definition) is 2. The Morgan fingerprint density at radius 1 is 0.850 bits per heavy atom. The normalized spacial score (nSPS) is 9.40.